The number of aromatic amines is 1. The van der Waals surface area contributed by atoms with Gasteiger partial charge in [-0.15, -0.1) is 0 Å². The maximum Gasteiger partial charge on any atom is 0.137 e. The summed E-state index contributed by atoms with van der Waals surface area (Å²) in [4.78, 5) is 11.1. The highest BCUT2D eigenvalue weighted by atomic mass is 16.5. The molecule has 3 aliphatic rings. The van der Waals surface area contributed by atoms with Crippen LogP contribution in [-0.2, 0) is 16.8 Å². The Morgan fingerprint density at radius 2 is 2.00 bits per heavy atom. The van der Waals surface area contributed by atoms with Crippen LogP contribution in [0.25, 0.3) is 11.0 Å². The van der Waals surface area contributed by atoms with E-state index in [1.807, 2.05) is 6.20 Å². The van der Waals surface area contributed by atoms with E-state index in [1.54, 1.807) is 0 Å². The van der Waals surface area contributed by atoms with E-state index < -0.39 is 0 Å². The topological polar surface area (TPSA) is 41.1 Å². The van der Waals surface area contributed by atoms with E-state index in [9.17, 15) is 0 Å². The molecule has 2 fully saturated rings. The number of nitrogens with zero attached hydrogens (tertiary/aromatic N) is 2. The fourth-order valence-electron chi connectivity index (χ4n) is 6.08. The maximum absolute atomic E-state index is 6.55. The van der Waals surface area contributed by atoms with Gasteiger partial charge in [-0.05, 0) is 82.2 Å². The summed E-state index contributed by atoms with van der Waals surface area (Å²) >= 11 is 0. The van der Waals surface area contributed by atoms with Gasteiger partial charge in [0, 0.05) is 17.1 Å². The van der Waals surface area contributed by atoms with Gasteiger partial charge in [-0.25, -0.2) is 4.98 Å². The third-order valence-electron chi connectivity index (χ3n) is 7.63. The van der Waals surface area contributed by atoms with Crippen LogP contribution >= 0.6 is 0 Å². The Labute approximate surface area is 162 Å². The highest BCUT2D eigenvalue weighted by Gasteiger charge is 2.49. The molecule has 1 aliphatic carbocycles. The van der Waals surface area contributed by atoms with Crippen molar-refractivity contribution >= 4 is 11.0 Å². The molecule has 146 valence electrons. The van der Waals surface area contributed by atoms with Crippen molar-refractivity contribution < 1.29 is 4.74 Å². The van der Waals surface area contributed by atoms with Crippen molar-refractivity contribution in [3.63, 3.8) is 0 Å². The number of aromatic nitrogens is 2. The Hall–Kier alpha value is -1.39. The summed E-state index contributed by atoms with van der Waals surface area (Å²) in [6.07, 6.45) is 14.5. The van der Waals surface area contributed by atoms with Gasteiger partial charge in [0.15, 0.2) is 0 Å². The molecular formula is C23H33N3O. The summed E-state index contributed by atoms with van der Waals surface area (Å²) in [6, 6.07) is 4.28. The lowest BCUT2D eigenvalue weighted by molar-refractivity contribution is -0.116. The second-order valence-corrected chi connectivity index (χ2v) is 8.99. The quantitative estimate of drug-likeness (QED) is 0.833. The zero-order valence-electron chi connectivity index (χ0n) is 16.7. The second kappa shape index (κ2) is 6.89. The van der Waals surface area contributed by atoms with Crippen LogP contribution < -0.4 is 0 Å². The summed E-state index contributed by atoms with van der Waals surface area (Å²) in [5.74, 6) is 0. The van der Waals surface area contributed by atoms with Crippen molar-refractivity contribution in [2.45, 2.75) is 82.3 Å². The fourth-order valence-corrected chi connectivity index (χ4v) is 6.08. The van der Waals surface area contributed by atoms with Gasteiger partial charge >= 0.3 is 0 Å². The molecule has 4 heteroatoms. The summed E-state index contributed by atoms with van der Waals surface area (Å²) in [5, 5.41) is 1.30. The zero-order valence-corrected chi connectivity index (χ0v) is 16.7. The molecule has 0 bridgehead atoms. The van der Waals surface area contributed by atoms with Crippen LogP contribution in [0.3, 0.4) is 0 Å². The van der Waals surface area contributed by atoms with Crippen molar-refractivity contribution in [3.8, 4) is 0 Å². The molecule has 0 radical (unpaired) electrons. The molecule has 5 rings (SSSR count). The van der Waals surface area contributed by atoms with Gasteiger partial charge in [0.05, 0.1) is 12.3 Å². The third kappa shape index (κ3) is 2.84. The minimum Gasteiger partial charge on any atom is -0.368 e. The Morgan fingerprint density at radius 1 is 1.19 bits per heavy atom. The first kappa shape index (κ1) is 17.7. The van der Waals surface area contributed by atoms with Gasteiger partial charge in [-0.2, -0.15) is 0 Å². The number of H-pyrrole nitrogens is 1. The van der Waals surface area contributed by atoms with E-state index in [1.165, 1.54) is 74.7 Å². The van der Waals surface area contributed by atoms with Crippen molar-refractivity contribution in [1.82, 2.24) is 14.9 Å². The molecule has 4 heterocycles. The van der Waals surface area contributed by atoms with E-state index in [0.717, 1.165) is 31.5 Å². The Balaban J connectivity index is 1.45. The summed E-state index contributed by atoms with van der Waals surface area (Å²) in [6.45, 7) is 5.79. The molecule has 0 atom stereocenters. The number of hydrogen-bond donors (Lipinski definition) is 1. The SMILES string of the molecule is CCCCC1(N2CCCC2)CCC2(CC1)OCCc1c2[nH]c2ncccc12. The predicted molar refractivity (Wildman–Crippen MR) is 109 cm³/mol. The van der Waals surface area contributed by atoms with E-state index in [4.69, 9.17) is 4.74 Å². The van der Waals surface area contributed by atoms with E-state index >= 15 is 0 Å². The molecule has 2 aliphatic heterocycles. The van der Waals surface area contributed by atoms with Crippen LogP contribution in [0.2, 0.25) is 0 Å². The molecule has 1 spiro atoms. The number of fused-ring (bicyclic) bond motifs is 4. The van der Waals surface area contributed by atoms with Crippen molar-refractivity contribution in [2.24, 2.45) is 0 Å². The molecule has 1 saturated heterocycles. The number of unbranched alkanes of at least 4 members (excludes halogenated alkanes) is 1. The highest BCUT2D eigenvalue weighted by molar-refractivity contribution is 5.82. The minimum absolute atomic E-state index is 0.107. The number of rotatable bonds is 4. The first-order valence-electron chi connectivity index (χ1n) is 11.1. The predicted octanol–water partition coefficient (Wildman–Crippen LogP) is 4.93. The summed E-state index contributed by atoms with van der Waals surface area (Å²) < 4.78 is 6.55. The van der Waals surface area contributed by atoms with Gasteiger partial charge in [-0.1, -0.05) is 19.8 Å². The Morgan fingerprint density at radius 3 is 2.78 bits per heavy atom. The van der Waals surface area contributed by atoms with Crippen LogP contribution in [0.1, 0.15) is 76.0 Å². The first-order valence-corrected chi connectivity index (χ1v) is 11.1. The van der Waals surface area contributed by atoms with Gasteiger partial charge in [0.25, 0.3) is 0 Å². The van der Waals surface area contributed by atoms with Crippen LogP contribution in [0.15, 0.2) is 18.3 Å². The number of pyridine rings is 1. The van der Waals surface area contributed by atoms with Gasteiger partial charge < -0.3 is 9.72 Å². The molecule has 1 N–H and O–H groups in total. The molecule has 0 amide bonds. The highest BCUT2D eigenvalue weighted by Crippen LogP contribution is 2.51. The van der Waals surface area contributed by atoms with Crippen molar-refractivity contribution in [2.75, 3.05) is 19.7 Å². The fraction of sp³-hybridized carbons (Fsp3) is 0.696. The normalized spacial score (nSPS) is 31.6. The van der Waals surface area contributed by atoms with Crippen molar-refractivity contribution in [3.05, 3.63) is 29.6 Å². The smallest absolute Gasteiger partial charge is 0.137 e. The zero-order chi connectivity index (χ0) is 18.3. The molecule has 2 aromatic rings. The number of likely N-dealkylation sites (tertiary alicyclic amines) is 1. The standard InChI is InChI=1S/C23H33N3O/c1-2-3-9-22(26-15-4-5-16-26)10-12-23(13-11-22)20-18(8-17-27-23)19-7-6-14-24-21(19)25-20/h6-7,14H,2-5,8-13,15-17H2,1H3,(H,24,25). The maximum atomic E-state index is 6.55. The molecule has 0 aromatic carbocycles. The van der Waals surface area contributed by atoms with E-state index in [2.05, 4.69) is 33.9 Å². The van der Waals surface area contributed by atoms with Crippen LogP contribution in [0, 0.1) is 0 Å². The van der Waals surface area contributed by atoms with Gasteiger partial charge in [0.1, 0.15) is 11.2 Å². The van der Waals surface area contributed by atoms with Gasteiger partial charge in [-0.3, -0.25) is 4.90 Å². The first-order chi connectivity index (χ1) is 13.3. The monoisotopic (exact) mass is 367 g/mol. The lowest BCUT2D eigenvalue weighted by atomic mass is 9.68. The summed E-state index contributed by atoms with van der Waals surface area (Å²) in [5.41, 5.74) is 4.15. The molecule has 0 unspecified atom stereocenters. The largest absolute Gasteiger partial charge is 0.368 e. The molecule has 1 saturated carbocycles. The Kier molecular flexibility index (Phi) is 4.52. The second-order valence-electron chi connectivity index (χ2n) is 8.99. The minimum atomic E-state index is -0.107. The van der Waals surface area contributed by atoms with Crippen molar-refractivity contribution in [1.29, 1.82) is 0 Å². The average molecular weight is 368 g/mol. The number of nitrogens with one attached hydrogen (secondary N) is 1. The molecule has 4 nitrogen and oxygen atoms in total. The van der Waals surface area contributed by atoms with Crippen LogP contribution in [0.4, 0.5) is 0 Å². The van der Waals surface area contributed by atoms with Gasteiger partial charge in [0.2, 0.25) is 0 Å². The average Bonchev–Trinajstić information content (AvgIpc) is 3.37. The third-order valence-corrected chi connectivity index (χ3v) is 7.63. The van der Waals surface area contributed by atoms with Crippen LogP contribution in [-0.4, -0.2) is 40.1 Å². The van der Waals surface area contributed by atoms with E-state index in [-0.39, 0.29) is 5.60 Å². The lowest BCUT2D eigenvalue weighted by Gasteiger charge is -2.51. The molecular weight excluding hydrogens is 334 g/mol. The van der Waals surface area contributed by atoms with Crippen LogP contribution in [0.5, 0.6) is 0 Å². The van der Waals surface area contributed by atoms with E-state index in [0.29, 0.717) is 5.54 Å². The number of ether oxygens (including phenoxy) is 1. The molecule has 27 heavy (non-hydrogen) atoms. The Bertz CT molecular complexity index is 797. The molecule has 2 aromatic heterocycles. The summed E-state index contributed by atoms with van der Waals surface area (Å²) in [7, 11) is 0. The number of hydrogen-bond acceptors (Lipinski definition) is 3. The lowest BCUT2D eigenvalue weighted by Crippen LogP contribution is -2.53.